The third-order valence-corrected chi connectivity index (χ3v) is 3.38. The van der Waals surface area contributed by atoms with Crippen LogP contribution in [0.25, 0.3) is 0 Å². The minimum Gasteiger partial charge on any atom is -0.378 e. The summed E-state index contributed by atoms with van der Waals surface area (Å²) >= 11 is 3.55. The summed E-state index contributed by atoms with van der Waals surface area (Å²) < 4.78 is 3.09. The molecule has 1 aromatic heterocycles. The van der Waals surface area contributed by atoms with Crippen LogP contribution in [-0.4, -0.2) is 9.78 Å². The van der Waals surface area contributed by atoms with Gasteiger partial charge >= 0.3 is 0 Å². The number of rotatable bonds is 4. The summed E-state index contributed by atoms with van der Waals surface area (Å²) in [6.45, 7) is 5.88. The lowest BCUT2D eigenvalue weighted by molar-refractivity contribution is 0.627. The second-order valence-corrected chi connectivity index (χ2v) is 4.83. The van der Waals surface area contributed by atoms with E-state index in [2.05, 4.69) is 58.4 Å². The van der Waals surface area contributed by atoms with Gasteiger partial charge in [-0.05, 0) is 53.5 Å². The average molecular weight is 294 g/mol. The smallest absolute Gasteiger partial charge is 0.0575 e. The molecule has 3 nitrogen and oxygen atoms in total. The molecule has 4 heteroatoms. The van der Waals surface area contributed by atoms with Gasteiger partial charge in [-0.1, -0.05) is 6.07 Å². The van der Waals surface area contributed by atoms with E-state index in [9.17, 15) is 0 Å². The number of aryl methyl sites for hydroxylation is 2. The molecule has 0 unspecified atom stereocenters. The third kappa shape index (κ3) is 2.88. The van der Waals surface area contributed by atoms with Crippen molar-refractivity contribution in [3.63, 3.8) is 0 Å². The Balaban J connectivity index is 2.09. The maximum absolute atomic E-state index is 4.25. The van der Waals surface area contributed by atoms with Gasteiger partial charge in [-0.25, -0.2) is 0 Å². The first kappa shape index (κ1) is 12.2. The fourth-order valence-electron chi connectivity index (χ4n) is 1.76. The predicted molar refractivity (Wildman–Crippen MR) is 74.1 cm³/mol. The number of halogens is 1. The molecular weight excluding hydrogens is 278 g/mol. The molecule has 0 saturated carbocycles. The van der Waals surface area contributed by atoms with Gasteiger partial charge in [0.15, 0.2) is 0 Å². The Hall–Kier alpha value is -1.29. The lowest BCUT2D eigenvalue weighted by atomic mass is 10.2. The summed E-state index contributed by atoms with van der Waals surface area (Å²) in [4.78, 5) is 0. The van der Waals surface area contributed by atoms with E-state index < -0.39 is 0 Å². The van der Waals surface area contributed by atoms with Crippen molar-refractivity contribution in [2.45, 2.75) is 26.9 Å². The van der Waals surface area contributed by atoms with Crippen molar-refractivity contribution >= 4 is 21.6 Å². The fourth-order valence-corrected chi connectivity index (χ4v) is 2.14. The van der Waals surface area contributed by atoms with Crippen LogP contribution in [0.5, 0.6) is 0 Å². The molecule has 2 aromatic rings. The van der Waals surface area contributed by atoms with Crippen LogP contribution in [0.1, 0.15) is 18.2 Å². The second-order valence-electron chi connectivity index (χ2n) is 3.98. The molecule has 1 heterocycles. The molecule has 17 heavy (non-hydrogen) atoms. The number of benzene rings is 1. The lowest BCUT2D eigenvalue weighted by Crippen LogP contribution is -2.08. The number of aromatic nitrogens is 2. The zero-order valence-electron chi connectivity index (χ0n) is 10.1. The molecule has 0 aliphatic carbocycles. The first-order chi connectivity index (χ1) is 8.20. The van der Waals surface area contributed by atoms with Crippen LogP contribution < -0.4 is 5.32 Å². The van der Waals surface area contributed by atoms with Crippen molar-refractivity contribution in [1.29, 1.82) is 0 Å². The topological polar surface area (TPSA) is 29.9 Å². The largest absolute Gasteiger partial charge is 0.378 e. The van der Waals surface area contributed by atoms with Crippen LogP contribution in [0, 0.1) is 6.92 Å². The van der Waals surface area contributed by atoms with Crippen LogP contribution in [-0.2, 0) is 13.1 Å². The number of anilines is 1. The Morgan fingerprint density at radius 1 is 1.35 bits per heavy atom. The number of hydrogen-bond acceptors (Lipinski definition) is 2. The second kappa shape index (κ2) is 5.36. The Labute approximate surface area is 110 Å². The minimum atomic E-state index is 0.788. The van der Waals surface area contributed by atoms with E-state index in [1.807, 2.05) is 16.9 Å². The van der Waals surface area contributed by atoms with Crippen LogP contribution >= 0.6 is 15.9 Å². The molecular formula is C13H16BrN3. The van der Waals surface area contributed by atoms with Crippen molar-refractivity contribution in [2.24, 2.45) is 0 Å². The third-order valence-electron chi connectivity index (χ3n) is 2.69. The molecule has 0 amide bonds. The highest BCUT2D eigenvalue weighted by Gasteiger charge is 2.03. The van der Waals surface area contributed by atoms with Gasteiger partial charge in [0.05, 0.1) is 12.2 Å². The van der Waals surface area contributed by atoms with Crippen molar-refractivity contribution < 1.29 is 0 Å². The molecule has 90 valence electrons. The van der Waals surface area contributed by atoms with Crippen LogP contribution in [0.15, 0.2) is 34.9 Å². The molecule has 0 saturated heterocycles. The SMILES string of the molecule is CCn1nccc1CNc1cc(C)ccc1Br. The summed E-state index contributed by atoms with van der Waals surface area (Å²) in [6, 6.07) is 8.33. The molecule has 0 aliphatic heterocycles. The van der Waals surface area contributed by atoms with Gasteiger partial charge in [-0.2, -0.15) is 5.10 Å². The van der Waals surface area contributed by atoms with E-state index in [1.165, 1.54) is 11.3 Å². The average Bonchev–Trinajstić information content (AvgIpc) is 2.77. The monoisotopic (exact) mass is 293 g/mol. The molecule has 2 rings (SSSR count). The Bertz CT molecular complexity index is 505. The van der Waals surface area contributed by atoms with E-state index in [1.54, 1.807) is 0 Å². The van der Waals surface area contributed by atoms with Crippen LogP contribution in [0.2, 0.25) is 0 Å². The van der Waals surface area contributed by atoms with Gasteiger partial charge in [0, 0.05) is 22.9 Å². The number of nitrogens with zero attached hydrogens (tertiary/aromatic N) is 2. The van der Waals surface area contributed by atoms with E-state index in [4.69, 9.17) is 0 Å². The van der Waals surface area contributed by atoms with Gasteiger partial charge in [0.1, 0.15) is 0 Å². The van der Waals surface area contributed by atoms with Crippen molar-refractivity contribution in [3.05, 3.63) is 46.2 Å². The van der Waals surface area contributed by atoms with Gasteiger partial charge in [-0.3, -0.25) is 4.68 Å². The normalized spacial score (nSPS) is 10.5. The maximum Gasteiger partial charge on any atom is 0.0575 e. The first-order valence-corrected chi connectivity index (χ1v) is 6.50. The summed E-state index contributed by atoms with van der Waals surface area (Å²) in [5.41, 5.74) is 3.56. The first-order valence-electron chi connectivity index (χ1n) is 5.71. The van der Waals surface area contributed by atoms with Crippen LogP contribution in [0.4, 0.5) is 5.69 Å². The molecule has 0 bridgehead atoms. The summed E-state index contributed by atoms with van der Waals surface area (Å²) in [6.07, 6.45) is 1.84. The summed E-state index contributed by atoms with van der Waals surface area (Å²) in [5.74, 6) is 0. The molecule has 0 radical (unpaired) electrons. The van der Waals surface area contributed by atoms with E-state index in [0.717, 1.165) is 23.2 Å². The Morgan fingerprint density at radius 3 is 2.94 bits per heavy atom. The predicted octanol–water partition coefficient (Wildman–Crippen LogP) is 3.59. The highest BCUT2D eigenvalue weighted by Crippen LogP contribution is 2.23. The quantitative estimate of drug-likeness (QED) is 0.934. The van der Waals surface area contributed by atoms with E-state index in [0.29, 0.717) is 0 Å². The highest BCUT2D eigenvalue weighted by molar-refractivity contribution is 9.10. The Morgan fingerprint density at radius 2 is 2.18 bits per heavy atom. The van der Waals surface area contributed by atoms with Gasteiger partial charge < -0.3 is 5.32 Å². The van der Waals surface area contributed by atoms with Crippen LogP contribution in [0.3, 0.4) is 0 Å². The standard InChI is InChI=1S/C13H16BrN3/c1-3-17-11(6-7-16-17)9-15-13-8-10(2)4-5-12(13)14/h4-8,15H,3,9H2,1-2H3. The number of hydrogen-bond donors (Lipinski definition) is 1. The van der Waals surface area contributed by atoms with Gasteiger partial charge in [-0.15, -0.1) is 0 Å². The van der Waals surface area contributed by atoms with Gasteiger partial charge in [0.2, 0.25) is 0 Å². The number of nitrogens with one attached hydrogen (secondary N) is 1. The van der Waals surface area contributed by atoms with E-state index >= 15 is 0 Å². The molecule has 0 fully saturated rings. The summed E-state index contributed by atoms with van der Waals surface area (Å²) in [5, 5.41) is 7.68. The lowest BCUT2D eigenvalue weighted by Gasteiger charge is -2.10. The molecule has 0 atom stereocenters. The molecule has 1 aromatic carbocycles. The minimum absolute atomic E-state index is 0.788. The van der Waals surface area contributed by atoms with Crippen molar-refractivity contribution in [3.8, 4) is 0 Å². The highest BCUT2D eigenvalue weighted by atomic mass is 79.9. The molecule has 0 aliphatic rings. The van der Waals surface area contributed by atoms with Gasteiger partial charge in [0.25, 0.3) is 0 Å². The van der Waals surface area contributed by atoms with Crippen molar-refractivity contribution in [2.75, 3.05) is 5.32 Å². The molecule has 1 N–H and O–H groups in total. The maximum atomic E-state index is 4.25. The Kier molecular flexibility index (Phi) is 3.84. The van der Waals surface area contributed by atoms with E-state index in [-0.39, 0.29) is 0 Å². The fraction of sp³-hybridized carbons (Fsp3) is 0.308. The van der Waals surface area contributed by atoms with Crippen molar-refractivity contribution in [1.82, 2.24) is 9.78 Å². The zero-order chi connectivity index (χ0) is 12.3. The zero-order valence-corrected chi connectivity index (χ0v) is 11.7. The molecule has 0 spiro atoms. The summed E-state index contributed by atoms with van der Waals surface area (Å²) in [7, 11) is 0.